The van der Waals surface area contributed by atoms with Crippen LogP contribution in [0, 0.1) is 0 Å². The number of hydrogen-bond donors (Lipinski definition) is 4. The molecule has 8 heteroatoms. The van der Waals surface area contributed by atoms with Crippen LogP contribution in [0.25, 0.3) is 0 Å². The fourth-order valence-electron chi connectivity index (χ4n) is 1.06. The average Bonchev–Trinajstić information content (AvgIpc) is 2.77. The molecule has 1 amide bonds. The number of nitrogens with zero attached hydrogens (tertiary/aromatic N) is 1. The van der Waals surface area contributed by atoms with Gasteiger partial charge in [0.1, 0.15) is 5.69 Å². The number of aromatic nitrogens is 2. The summed E-state index contributed by atoms with van der Waals surface area (Å²) in [6.07, 6.45) is 2.48. The van der Waals surface area contributed by atoms with Crippen LogP contribution < -0.4 is 11.1 Å². The fourth-order valence-corrected chi connectivity index (χ4v) is 1.06. The molecule has 1 rings (SSSR count). The van der Waals surface area contributed by atoms with Crippen LogP contribution >= 0.6 is 0 Å². The van der Waals surface area contributed by atoms with Crippen LogP contribution in [0.15, 0.2) is 12.5 Å². The van der Waals surface area contributed by atoms with Gasteiger partial charge in [-0.25, -0.2) is 9.78 Å². The lowest BCUT2D eigenvalue weighted by Gasteiger charge is -2.13. The predicted octanol–water partition coefficient (Wildman–Crippen LogP) is -1.49. The molecular weight excluding hydrogens is 228 g/mol. The molecular formula is C9H12N4O4. The molecule has 0 bridgehead atoms. The first-order chi connectivity index (χ1) is 7.93. The summed E-state index contributed by atoms with van der Waals surface area (Å²) in [5, 5.41) is 10.9. The summed E-state index contributed by atoms with van der Waals surface area (Å²) < 4.78 is 0. The number of carbonyl (C=O) groups is 3. The molecule has 0 saturated carbocycles. The first kappa shape index (κ1) is 12.8. The lowest BCUT2D eigenvalue weighted by atomic mass is 10.1. The topological polar surface area (TPSA) is 138 Å². The van der Waals surface area contributed by atoms with Gasteiger partial charge in [-0.1, -0.05) is 0 Å². The maximum Gasteiger partial charge on any atom is 0.334 e. The van der Waals surface area contributed by atoms with E-state index in [0.29, 0.717) is 0 Å². The second kappa shape index (κ2) is 5.21. The van der Waals surface area contributed by atoms with E-state index >= 15 is 0 Å². The van der Waals surface area contributed by atoms with Crippen molar-refractivity contribution in [1.82, 2.24) is 15.3 Å². The van der Waals surface area contributed by atoms with Gasteiger partial charge in [0.2, 0.25) is 11.7 Å². The number of carboxylic acid groups (broad SMARTS) is 1. The van der Waals surface area contributed by atoms with Crippen molar-refractivity contribution in [2.45, 2.75) is 19.0 Å². The van der Waals surface area contributed by atoms with Gasteiger partial charge in [0.05, 0.1) is 12.4 Å². The third kappa shape index (κ3) is 3.11. The van der Waals surface area contributed by atoms with Crippen LogP contribution in [-0.4, -0.2) is 44.8 Å². The van der Waals surface area contributed by atoms with E-state index in [1.54, 1.807) is 0 Å². The van der Waals surface area contributed by atoms with Crippen LogP contribution in [0.2, 0.25) is 0 Å². The highest BCUT2D eigenvalue weighted by Crippen LogP contribution is 2.00. The highest BCUT2D eigenvalue weighted by atomic mass is 16.4. The molecule has 0 aliphatic rings. The van der Waals surface area contributed by atoms with Crippen molar-refractivity contribution in [2.75, 3.05) is 0 Å². The minimum Gasteiger partial charge on any atom is -0.479 e. The third-order valence-electron chi connectivity index (χ3n) is 1.96. The van der Waals surface area contributed by atoms with E-state index in [-0.39, 0.29) is 5.69 Å². The number of nitrogens with two attached hydrogens (primary N) is 1. The Labute approximate surface area is 96.2 Å². The molecule has 0 radical (unpaired) electrons. The third-order valence-corrected chi connectivity index (χ3v) is 1.96. The van der Waals surface area contributed by atoms with E-state index in [1.807, 2.05) is 5.32 Å². The van der Waals surface area contributed by atoms with E-state index in [1.165, 1.54) is 19.4 Å². The smallest absolute Gasteiger partial charge is 0.334 e. The molecule has 0 aliphatic heterocycles. The molecule has 0 aromatic carbocycles. The number of carbonyl (C=O) groups excluding carboxylic acids is 2. The summed E-state index contributed by atoms with van der Waals surface area (Å²) in [6, 6.07) is -2.58. The lowest BCUT2D eigenvalue weighted by molar-refractivity contribution is -0.140. The van der Waals surface area contributed by atoms with Crippen molar-refractivity contribution in [3.63, 3.8) is 0 Å². The zero-order chi connectivity index (χ0) is 13.0. The van der Waals surface area contributed by atoms with Crippen LogP contribution in [0.4, 0.5) is 0 Å². The van der Waals surface area contributed by atoms with Gasteiger partial charge >= 0.3 is 5.97 Å². The van der Waals surface area contributed by atoms with Crippen LogP contribution in [-0.2, 0) is 9.59 Å². The standard InChI is InChI=1S/C9H12N4O4/c1-4(10)8(15)13-6(9(16)17)7(14)5-2-11-3-12-5/h2-4,6H,10H2,1H3,(H,11,12)(H,13,15)(H,16,17)/t4?,6-/m0/s1. The Hall–Kier alpha value is -2.22. The van der Waals surface area contributed by atoms with Crippen molar-refractivity contribution in [1.29, 1.82) is 0 Å². The highest BCUT2D eigenvalue weighted by molar-refractivity contribution is 6.12. The number of amides is 1. The average molecular weight is 240 g/mol. The molecule has 0 spiro atoms. The molecule has 0 saturated heterocycles. The Bertz CT molecular complexity index is 426. The van der Waals surface area contributed by atoms with Gasteiger partial charge in [-0.2, -0.15) is 0 Å². The number of aliphatic carboxylic acids is 1. The molecule has 5 N–H and O–H groups in total. The molecule has 1 heterocycles. The van der Waals surface area contributed by atoms with E-state index in [0.717, 1.165) is 0 Å². The molecule has 8 nitrogen and oxygen atoms in total. The number of Topliss-reactive ketones (excluding diaryl/α,β-unsaturated/α-hetero) is 1. The number of ketones is 1. The van der Waals surface area contributed by atoms with Crippen LogP contribution in [0.1, 0.15) is 17.4 Å². The Morgan fingerprint density at radius 2 is 2.18 bits per heavy atom. The summed E-state index contributed by atoms with van der Waals surface area (Å²) in [5.41, 5.74) is 5.20. The second-order valence-corrected chi connectivity index (χ2v) is 3.39. The Balaban J connectivity index is 2.84. The fraction of sp³-hybridized carbons (Fsp3) is 0.333. The normalized spacial score (nSPS) is 13.8. The maximum atomic E-state index is 11.7. The molecule has 1 aromatic heterocycles. The van der Waals surface area contributed by atoms with Gasteiger partial charge < -0.3 is 21.1 Å². The lowest BCUT2D eigenvalue weighted by Crippen LogP contribution is -2.51. The molecule has 92 valence electrons. The molecule has 0 aliphatic carbocycles. The first-order valence-corrected chi connectivity index (χ1v) is 4.75. The van der Waals surface area contributed by atoms with Crippen molar-refractivity contribution >= 4 is 17.7 Å². The van der Waals surface area contributed by atoms with Crippen LogP contribution in [0.3, 0.4) is 0 Å². The molecule has 1 unspecified atom stereocenters. The molecule has 1 aromatic rings. The number of aromatic amines is 1. The van der Waals surface area contributed by atoms with E-state index in [4.69, 9.17) is 10.8 Å². The number of carboxylic acids is 1. The monoisotopic (exact) mass is 240 g/mol. The largest absolute Gasteiger partial charge is 0.479 e. The summed E-state index contributed by atoms with van der Waals surface area (Å²) in [7, 11) is 0. The number of rotatable bonds is 5. The summed E-state index contributed by atoms with van der Waals surface area (Å²) in [4.78, 5) is 40.0. The predicted molar refractivity (Wildman–Crippen MR) is 56.1 cm³/mol. The zero-order valence-electron chi connectivity index (χ0n) is 9.01. The summed E-state index contributed by atoms with van der Waals surface area (Å²) >= 11 is 0. The summed E-state index contributed by atoms with van der Waals surface area (Å²) in [6.45, 7) is 1.38. The molecule has 17 heavy (non-hydrogen) atoms. The van der Waals surface area contributed by atoms with Crippen molar-refractivity contribution in [3.8, 4) is 0 Å². The maximum absolute atomic E-state index is 11.7. The number of nitrogens with one attached hydrogen (secondary N) is 2. The van der Waals surface area contributed by atoms with E-state index in [9.17, 15) is 14.4 Å². The number of imidazole rings is 1. The number of hydrogen-bond acceptors (Lipinski definition) is 5. The first-order valence-electron chi connectivity index (χ1n) is 4.75. The van der Waals surface area contributed by atoms with Gasteiger partial charge in [0.15, 0.2) is 6.04 Å². The second-order valence-electron chi connectivity index (χ2n) is 3.39. The summed E-state index contributed by atoms with van der Waals surface area (Å²) in [5.74, 6) is -3.00. The Morgan fingerprint density at radius 1 is 1.53 bits per heavy atom. The van der Waals surface area contributed by atoms with Gasteiger partial charge in [-0.3, -0.25) is 9.59 Å². The minimum atomic E-state index is -1.68. The van der Waals surface area contributed by atoms with Crippen molar-refractivity contribution < 1.29 is 19.5 Å². The Kier molecular flexibility index (Phi) is 3.94. The minimum absolute atomic E-state index is 0.0672. The van der Waals surface area contributed by atoms with Gasteiger partial charge in [0, 0.05) is 6.20 Å². The Morgan fingerprint density at radius 3 is 2.59 bits per heavy atom. The van der Waals surface area contributed by atoms with Gasteiger partial charge in [-0.05, 0) is 6.92 Å². The highest BCUT2D eigenvalue weighted by Gasteiger charge is 2.30. The van der Waals surface area contributed by atoms with Crippen molar-refractivity contribution in [2.24, 2.45) is 5.73 Å². The quantitative estimate of drug-likeness (QED) is 0.365. The van der Waals surface area contributed by atoms with Gasteiger partial charge in [-0.15, -0.1) is 0 Å². The van der Waals surface area contributed by atoms with Crippen LogP contribution in [0.5, 0.6) is 0 Å². The molecule has 0 fully saturated rings. The van der Waals surface area contributed by atoms with Crippen molar-refractivity contribution in [3.05, 3.63) is 18.2 Å². The van der Waals surface area contributed by atoms with E-state index in [2.05, 4.69) is 9.97 Å². The van der Waals surface area contributed by atoms with E-state index < -0.39 is 29.7 Å². The molecule has 2 atom stereocenters. The van der Waals surface area contributed by atoms with Gasteiger partial charge in [0.25, 0.3) is 0 Å². The zero-order valence-corrected chi connectivity index (χ0v) is 9.01. The SMILES string of the molecule is CC(N)C(=O)N[C@H](C(=O)O)C(=O)c1c[nH]cn1. The number of H-pyrrole nitrogens is 1.